The van der Waals surface area contributed by atoms with Gasteiger partial charge in [0.05, 0.1) is 10.2 Å². The molecule has 2 aromatic carbocycles. The highest BCUT2D eigenvalue weighted by Gasteiger charge is 2.05. The highest BCUT2D eigenvalue weighted by molar-refractivity contribution is 7.21. The van der Waals surface area contributed by atoms with Gasteiger partial charge in [0.2, 0.25) is 0 Å². The first kappa shape index (κ1) is 16.1. The van der Waals surface area contributed by atoms with Crippen LogP contribution >= 0.6 is 23.7 Å². The zero-order valence-electron chi connectivity index (χ0n) is 10.5. The van der Waals surface area contributed by atoms with Gasteiger partial charge in [-0.3, -0.25) is 5.41 Å². The van der Waals surface area contributed by atoms with Gasteiger partial charge in [-0.05, 0) is 12.1 Å². The van der Waals surface area contributed by atoms with Gasteiger partial charge in [0.15, 0.2) is 0 Å². The van der Waals surface area contributed by atoms with E-state index in [0.717, 1.165) is 21.7 Å². The SMILES string of the molecule is Cl.N=C(N)c1ccc(-c2nc3ccccc3s2)cc1.O. The topological polar surface area (TPSA) is 94.3 Å². The lowest BCUT2D eigenvalue weighted by Crippen LogP contribution is -2.10. The predicted octanol–water partition coefficient (Wildman–Crippen LogP) is 2.84. The molecule has 5 N–H and O–H groups in total. The van der Waals surface area contributed by atoms with Crippen LogP contribution in [0.15, 0.2) is 48.5 Å². The lowest BCUT2D eigenvalue weighted by molar-refractivity contribution is 0.824. The van der Waals surface area contributed by atoms with Crippen LogP contribution in [-0.2, 0) is 0 Å². The number of thiazole rings is 1. The lowest BCUT2D eigenvalue weighted by atomic mass is 10.1. The van der Waals surface area contributed by atoms with Crippen molar-refractivity contribution in [3.63, 3.8) is 0 Å². The molecule has 0 unspecified atom stereocenters. The fraction of sp³-hybridized carbons (Fsp3) is 0. The summed E-state index contributed by atoms with van der Waals surface area (Å²) in [5.41, 5.74) is 8.25. The third-order valence-corrected chi connectivity index (χ3v) is 3.82. The molecule has 3 rings (SSSR count). The van der Waals surface area contributed by atoms with Crippen LogP contribution in [0.3, 0.4) is 0 Å². The maximum atomic E-state index is 7.36. The molecule has 0 aliphatic carbocycles. The van der Waals surface area contributed by atoms with Gasteiger partial charge in [-0.25, -0.2) is 4.98 Å². The number of amidine groups is 1. The van der Waals surface area contributed by atoms with Crippen molar-refractivity contribution < 1.29 is 5.48 Å². The molecule has 6 heteroatoms. The van der Waals surface area contributed by atoms with E-state index in [9.17, 15) is 0 Å². The number of fused-ring (bicyclic) bond motifs is 1. The first-order chi connectivity index (χ1) is 8.74. The Labute approximate surface area is 126 Å². The van der Waals surface area contributed by atoms with Crippen molar-refractivity contribution in [1.82, 2.24) is 4.98 Å². The van der Waals surface area contributed by atoms with Crippen LogP contribution in [0.4, 0.5) is 0 Å². The molecular weight excluding hydrogens is 294 g/mol. The molecule has 0 aliphatic heterocycles. The Bertz CT molecular complexity index is 692. The largest absolute Gasteiger partial charge is 0.412 e. The molecule has 1 heterocycles. The van der Waals surface area contributed by atoms with Crippen LogP contribution in [-0.4, -0.2) is 16.3 Å². The van der Waals surface area contributed by atoms with Crippen molar-refractivity contribution in [3.8, 4) is 10.6 Å². The van der Waals surface area contributed by atoms with Crippen LogP contribution in [0.25, 0.3) is 20.8 Å². The molecule has 0 bridgehead atoms. The smallest absolute Gasteiger partial charge is 0.124 e. The van der Waals surface area contributed by atoms with Crippen molar-refractivity contribution in [2.75, 3.05) is 0 Å². The Kier molecular flexibility index (Phi) is 5.21. The molecule has 20 heavy (non-hydrogen) atoms. The molecule has 0 radical (unpaired) electrons. The van der Waals surface area contributed by atoms with E-state index < -0.39 is 0 Å². The molecule has 1 aromatic heterocycles. The number of benzene rings is 2. The maximum Gasteiger partial charge on any atom is 0.124 e. The number of nitrogen functional groups attached to an aromatic ring is 1. The third kappa shape index (κ3) is 2.96. The minimum atomic E-state index is 0. The maximum absolute atomic E-state index is 7.36. The summed E-state index contributed by atoms with van der Waals surface area (Å²) in [6.45, 7) is 0. The van der Waals surface area contributed by atoms with Crippen molar-refractivity contribution in [2.45, 2.75) is 0 Å². The van der Waals surface area contributed by atoms with Crippen LogP contribution in [0.2, 0.25) is 0 Å². The molecule has 4 nitrogen and oxygen atoms in total. The third-order valence-electron chi connectivity index (χ3n) is 2.74. The molecule has 0 amide bonds. The summed E-state index contributed by atoms with van der Waals surface area (Å²) in [7, 11) is 0. The molecule has 104 valence electrons. The second-order valence-electron chi connectivity index (χ2n) is 3.98. The van der Waals surface area contributed by atoms with E-state index in [-0.39, 0.29) is 23.7 Å². The van der Waals surface area contributed by atoms with E-state index >= 15 is 0 Å². The second kappa shape index (κ2) is 6.47. The Balaban J connectivity index is 0.000001000. The summed E-state index contributed by atoms with van der Waals surface area (Å²) in [4.78, 5) is 4.59. The van der Waals surface area contributed by atoms with Crippen molar-refractivity contribution in [1.29, 1.82) is 5.41 Å². The highest BCUT2D eigenvalue weighted by atomic mass is 35.5. The number of nitrogens with two attached hydrogens (primary N) is 1. The van der Waals surface area contributed by atoms with Gasteiger partial charge < -0.3 is 11.2 Å². The Morgan fingerprint density at radius 2 is 1.70 bits per heavy atom. The molecule has 0 aliphatic rings. The van der Waals surface area contributed by atoms with E-state index in [2.05, 4.69) is 11.1 Å². The van der Waals surface area contributed by atoms with Crippen molar-refractivity contribution in [3.05, 3.63) is 54.1 Å². The zero-order chi connectivity index (χ0) is 12.5. The van der Waals surface area contributed by atoms with Gasteiger partial charge in [-0.2, -0.15) is 0 Å². The molecule has 0 spiro atoms. The minimum absolute atomic E-state index is 0. The van der Waals surface area contributed by atoms with Gasteiger partial charge in [-0.1, -0.05) is 36.4 Å². The van der Waals surface area contributed by atoms with E-state index in [0.29, 0.717) is 0 Å². The first-order valence-electron chi connectivity index (χ1n) is 5.54. The molecule has 0 fully saturated rings. The average Bonchev–Trinajstić information content (AvgIpc) is 2.82. The van der Waals surface area contributed by atoms with Crippen LogP contribution in [0, 0.1) is 5.41 Å². The Morgan fingerprint density at radius 1 is 1.05 bits per heavy atom. The number of rotatable bonds is 2. The second-order valence-corrected chi connectivity index (χ2v) is 5.01. The quantitative estimate of drug-likeness (QED) is 0.562. The summed E-state index contributed by atoms with van der Waals surface area (Å²) in [5.74, 6) is 0.0887. The number of hydrogen-bond donors (Lipinski definition) is 2. The highest BCUT2D eigenvalue weighted by Crippen LogP contribution is 2.29. The monoisotopic (exact) mass is 307 g/mol. The summed E-state index contributed by atoms with van der Waals surface area (Å²) in [6.07, 6.45) is 0. The predicted molar refractivity (Wildman–Crippen MR) is 86.9 cm³/mol. The van der Waals surface area contributed by atoms with E-state index in [1.54, 1.807) is 11.3 Å². The fourth-order valence-electron chi connectivity index (χ4n) is 1.79. The standard InChI is InChI=1S/C14H11N3S.ClH.H2O/c15-13(16)9-5-7-10(8-6-9)14-17-11-3-1-2-4-12(11)18-14;;/h1-8H,(H3,15,16);1H;1H2. The summed E-state index contributed by atoms with van der Waals surface area (Å²) >= 11 is 1.67. The molecular formula is C14H14ClN3OS. The number of aromatic nitrogens is 1. The van der Waals surface area contributed by atoms with Crippen LogP contribution in [0.1, 0.15) is 5.56 Å². The number of nitrogens with zero attached hydrogens (tertiary/aromatic N) is 1. The number of hydrogen-bond acceptors (Lipinski definition) is 3. The fourth-order valence-corrected chi connectivity index (χ4v) is 2.76. The Hall–Kier alpha value is -1.95. The molecule has 0 saturated carbocycles. The minimum Gasteiger partial charge on any atom is -0.412 e. The van der Waals surface area contributed by atoms with Crippen LogP contribution < -0.4 is 5.73 Å². The molecule has 3 aromatic rings. The van der Waals surface area contributed by atoms with E-state index in [1.807, 2.05) is 42.5 Å². The Morgan fingerprint density at radius 3 is 2.30 bits per heavy atom. The molecule has 0 saturated heterocycles. The number of nitrogens with one attached hydrogen (secondary N) is 1. The van der Waals surface area contributed by atoms with E-state index in [1.165, 1.54) is 4.70 Å². The van der Waals surface area contributed by atoms with Gasteiger partial charge in [0.25, 0.3) is 0 Å². The van der Waals surface area contributed by atoms with Gasteiger partial charge in [-0.15, -0.1) is 23.7 Å². The number of para-hydroxylation sites is 1. The van der Waals surface area contributed by atoms with Crippen molar-refractivity contribution in [2.24, 2.45) is 5.73 Å². The first-order valence-corrected chi connectivity index (χ1v) is 6.36. The zero-order valence-corrected chi connectivity index (χ0v) is 12.1. The van der Waals surface area contributed by atoms with Gasteiger partial charge in [0.1, 0.15) is 10.8 Å². The van der Waals surface area contributed by atoms with Crippen LogP contribution in [0.5, 0.6) is 0 Å². The molecule has 0 atom stereocenters. The van der Waals surface area contributed by atoms with E-state index in [4.69, 9.17) is 11.1 Å². The van der Waals surface area contributed by atoms with Gasteiger partial charge >= 0.3 is 0 Å². The normalized spacial score (nSPS) is 9.60. The number of halogens is 1. The lowest BCUT2D eigenvalue weighted by Gasteiger charge is -1.99. The average molecular weight is 308 g/mol. The summed E-state index contributed by atoms with van der Waals surface area (Å²) in [6, 6.07) is 15.7. The van der Waals surface area contributed by atoms with Crippen molar-refractivity contribution >= 4 is 39.8 Å². The summed E-state index contributed by atoms with van der Waals surface area (Å²) < 4.78 is 1.18. The van der Waals surface area contributed by atoms with Gasteiger partial charge in [0, 0.05) is 11.1 Å². The summed E-state index contributed by atoms with van der Waals surface area (Å²) in [5, 5.41) is 8.36.